The Balaban J connectivity index is 0.00000166. The molecule has 0 radical (unpaired) electrons. The van der Waals surface area contributed by atoms with Crippen LogP contribution in [-0.2, 0) is 6.11 Å². The van der Waals surface area contributed by atoms with Crippen molar-refractivity contribution in [3.8, 4) is 23.2 Å². The van der Waals surface area contributed by atoms with Crippen LogP contribution in [-0.4, -0.2) is 9.97 Å². The SMILES string of the molecule is CC.Cc1cnc(-c2cc(F)c(C(F)(F)Oc3cc(F)c(C#N)c(F)c3)c(F)c2)nc1. The van der Waals surface area contributed by atoms with Gasteiger partial charge in [-0.2, -0.15) is 14.0 Å². The molecular weight excluding hydrogens is 424 g/mol. The lowest BCUT2D eigenvalue weighted by Gasteiger charge is -2.20. The molecule has 162 valence electrons. The first-order chi connectivity index (χ1) is 14.6. The lowest BCUT2D eigenvalue weighted by Crippen LogP contribution is -2.25. The molecule has 3 rings (SSSR count). The zero-order valence-corrected chi connectivity index (χ0v) is 16.5. The third-order valence-electron chi connectivity index (χ3n) is 3.75. The predicted octanol–water partition coefficient (Wildman–Crippen LogP) is 6.03. The maximum absolute atomic E-state index is 14.4. The molecule has 10 heteroatoms. The molecule has 0 saturated carbocycles. The third kappa shape index (κ3) is 5.12. The van der Waals surface area contributed by atoms with Gasteiger partial charge in [0, 0.05) is 30.1 Å². The highest BCUT2D eigenvalue weighted by molar-refractivity contribution is 5.56. The number of ether oxygens (including phenoxy) is 1. The molecule has 0 atom stereocenters. The lowest BCUT2D eigenvalue weighted by atomic mass is 10.1. The van der Waals surface area contributed by atoms with E-state index >= 15 is 0 Å². The number of halogens is 6. The van der Waals surface area contributed by atoms with Crippen molar-refractivity contribution in [2.45, 2.75) is 26.9 Å². The summed E-state index contributed by atoms with van der Waals surface area (Å²) in [7, 11) is 0. The molecule has 0 aliphatic carbocycles. The largest absolute Gasteiger partial charge is 0.432 e. The van der Waals surface area contributed by atoms with Gasteiger partial charge in [-0.05, 0) is 24.6 Å². The maximum Gasteiger partial charge on any atom is 0.432 e. The first-order valence-electron chi connectivity index (χ1n) is 8.87. The van der Waals surface area contributed by atoms with Crippen LogP contribution in [0.25, 0.3) is 11.4 Å². The van der Waals surface area contributed by atoms with Crippen LogP contribution in [0.4, 0.5) is 26.3 Å². The van der Waals surface area contributed by atoms with E-state index in [4.69, 9.17) is 5.26 Å². The Bertz CT molecular complexity index is 1080. The summed E-state index contributed by atoms with van der Waals surface area (Å²) in [6.45, 7) is 5.68. The summed E-state index contributed by atoms with van der Waals surface area (Å²) in [5.74, 6) is -7.45. The topological polar surface area (TPSA) is 58.8 Å². The van der Waals surface area contributed by atoms with Gasteiger partial charge >= 0.3 is 6.11 Å². The minimum Gasteiger partial charge on any atom is -0.429 e. The fraction of sp³-hybridized carbons (Fsp3) is 0.190. The standard InChI is InChI=1S/C19H9F6N3O.C2H6/c1-9-7-27-18(28-8-9)10-2-15(22)17(16(23)3-10)19(24,25)29-11-4-13(20)12(6-26)14(21)5-11;1-2/h2-5,7-8H,1H3;1-2H3. The first-order valence-corrected chi connectivity index (χ1v) is 8.87. The highest BCUT2D eigenvalue weighted by atomic mass is 19.3. The van der Waals surface area contributed by atoms with E-state index in [1.165, 1.54) is 18.5 Å². The summed E-state index contributed by atoms with van der Waals surface area (Å²) in [6.07, 6.45) is -1.87. The van der Waals surface area contributed by atoms with Gasteiger partial charge in [-0.15, -0.1) is 0 Å². The summed E-state index contributed by atoms with van der Waals surface area (Å²) < 4.78 is 88.6. The van der Waals surface area contributed by atoms with Crippen molar-refractivity contribution in [3.63, 3.8) is 0 Å². The zero-order chi connectivity index (χ0) is 23.3. The van der Waals surface area contributed by atoms with Crippen LogP contribution < -0.4 is 4.74 Å². The Morgan fingerprint density at radius 3 is 1.81 bits per heavy atom. The van der Waals surface area contributed by atoms with Crippen molar-refractivity contribution in [3.05, 3.63) is 76.6 Å². The average Bonchev–Trinajstić information content (AvgIpc) is 2.68. The number of alkyl halides is 2. The van der Waals surface area contributed by atoms with Crippen molar-refractivity contribution < 1.29 is 31.1 Å². The van der Waals surface area contributed by atoms with Crippen LogP contribution in [0.1, 0.15) is 30.5 Å². The van der Waals surface area contributed by atoms with Gasteiger partial charge in [0.05, 0.1) is 0 Å². The molecule has 0 fully saturated rings. The van der Waals surface area contributed by atoms with Crippen LogP contribution in [0.5, 0.6) is 5.75 Å². The summed E-state index contributed by atoms with van der Waals surface area (Å²) in [4.78, 5) is 7.71. The van der Waals surface area contributed by atoms with E-state index in [2.05, 4.69) is 14.7 Å². The molecule has 3 aromatic rings. The Morgan fingerprint density at radius 1 is 0.871 bits per heavy atom. The van der Waals surface area contributed by atoms with Gasteiger partial charge in [0.2, 0.25) is 0 Å². The summed E-state index contributed by atoms with van der Waals surface area (Å²) in [5, 5.41) is 8.58. The van der Waals surface area contributed by atoms with Gasteiger partial charge in [0.15, 0.2) is 5.82 Å². The Morgan fingerprint density at radius 2 is 1.35 bits per heavy atom. The van der Waals surface area contributed by atoms with Gasteiger partial charge < -0.3 is 4.74 Å². The second kappa shape index (κ2) is 9.47. The molecular formula is C21H15F6N3O. The van der Waals surface area contributed by atoms with E-state index in [-0.39, 0.29) is 11.4 Å². The van der Waals surface area contributed by atoms with Crippen LogP contribution in [0.2, 0.25) is 0 Å². The van der Waals surface area contributed by atoms with E-state index in [0.29, 0.717) is 29.8 Å². The Kier molecular flexibility index (Phi) is 7.23. The molecule has 0 amide bonds. The van der Waals surface area contributed by atoms with Gasteiger partial charge in [0.1, 0.15) is 46.2 Å². The Hall–Kier alpha value is -3.61. The van der Waals surface area contributed by atoms with Crippen molar-refractivity contribution in [2.75, 3.05) is 0 Å². The second-order valence-corrected chi connectivity index (χ2v) is 5.89. The first kappa shape index (κ1) is 23.7. The van der Waals surface area contributed by atoms with Crippen LogP contribution >= 0.6 is 0 Å². The van der Waals surface area contributed by atoms with E-state index in [0.717, 1.165) is 0 Å². The number of nitriles is 1. The van der Waals surface area contributed by atoms with Crippen LogP contribution in [0, 0.1) is 41.5 Å². The Labute approximate surface area is 173 Å². The van der Waals surface area contributed by atoms with Crippen LogP contribution in [0.15, 0.2) is 36.7 Å². The molecule has 1 aromatic heterocycles. The van der Waals surface area contributed by atoms with Gasteiger partial charge in [0.25, 0.3) is 0 Å². The maximum atomic E-state index is 14.4. The molecule has 0 unspecified atom stereocenters. The third-order valence-corrected chi connectivity index (χ3v) is 3.75. The summed E-state index contributed by atoms with van der Waals surface area (Å²) in [5.41, 5.74) is -2.30. The average molecular weight is 439 g/mol. The van der Waals surface area contributed by atoms with E-state index in [1.54, 1.807) is 6.92 Å². The number of hydrogen-bond acceptors (Lipinski definition) is 4. The fourth-order valence-electron chi connectivity index (χ4n) is 2.44. The molecule has 0 bridgehead atoms. The predicted molar refractivity (Wildman–Crippen MR) is 99.1 cm³/mol. The van der Waals surface area contributed by atoms with E-state index in [9.17, 15) is 26.3 Å². The number of benzene rings is 2. The molecule has 0 aliphatic heterocycles. The minimum atomic E-state index is -4.62. The normalized spacial score (nSPS) is 10.7. The van der Waals surface area contributed by atoms with Gasteiger partial charge in [-0.1, -0.05) is 13.8 Å². The summed E-state index contributed by atoms with van der Waals surface area (Å²) >= 11 is 0. The molecule has 0 aliphatic rings. The van der Waals surface area contributed by atoms with Crippen molar-refractivity contribution in [1.29, 1.82) is 5.26 Å². The quantitative estimate of drug-likeness (QED) is 0.466. The minimum absolute atomic E-state index is 0.0968. The highest BCUT2D eigenvalue weighted by Gasteiger charge is 2.41. The number of rotatable bonds is 4. The van der Waals surface area contributed by atoms with Gasteiger partial charge in [-0.25, -0.2) is 27.5 Å². The molecule has 0 N–H and O–H groups in total. The highest BCUT2D eigenvalue weighted by Crippen LogP contribution is 2.37. The van der Waals surface area contributed by atoms with E-state index in [1.807, 2.05) is 13.8 Å². The number of aromatic nitrogens is 2. The van der Waals surface area contributed by atoms with Gasteiger partial charge in [-0.3, -0.25) is 0 Å². The van der Waals surface area contributed by atoms with Crippen molar-refractivity contribution in [2.24, 2.45) is 0 Å². The lowest BCUT2D eigenvalue weighted by molar-refractivity contribution is -0.189. The van der Waals surface area contributed by atoms with Crippen molar-refractivity contribution in [1.82, 2.24) is 9.97 Å². The molecule has 4 nitrogen and oxygen atoms in total. The van der Waals surface area contributed by atoms with Crippen LogP contribution in [0.3, 0.4) is 0 Å². The molecule has 0 saturated heterocycles. The number of hydrogen-bond donors (Lipinski definition) is 0. The zero-order valence-electron chi connectivity index (χ0n) is 16.5. The molecule has 31 heavy (non-hydrogen) atoms. The monoisotopic (exact) mass is 439 g/mol. The molecule has 1 heterocycles. The number of nitrogens with zero attached hydrogens (tertiary/aromatic N) is 3. The molecule has 0 spiro atoms. The van der Waals surface area contributed by atoms with E-state index < -0.39 is 46.3 Å². The summed E-state index contributed by atoms with van der Waals surface area (Å²) in [6, 6.07) is 2.98. The number of aryl methyl sites for hydroxylation is 1. The van der Waals surface area contributed by atoms with Crippen molar-refractivity contribution >= 4 is 0 Å². The fourth-order valence-corrected chi connectivity index (χ4v) is 2.44. The second-order valence-electron chi connectivity index (χ2n) is 5.89. The smallest absolute Gasteiger partial charge is 0.429 e. The molecule has 2 aromatic carbocycles.